The van der Waals surface area contributed by atoms with E-state index in [2.05, 4.69) is 10.3 Å². The molecule has 0 bridgehead atoms. The Labute approximate surface area is 97.9 Å². The highest BCUT2D eigenvalue weighted by Crippen LogP contribution is 2.20. The number of sulfone groups is 1. The van der Waals surface area contributed by atoms with E-state index in [1.807, 2.05) is 0 Å². The molecule has 0 radical (unpaired) electrons. The monoisotopic (exact) mass is 260 g/mol. The van der Waals surface area contributed by atoms with Crippen molar-refractivity contribution in [3.8, 4) is 0 Å². The number of hydrogen-bond acceptors (Lipinski definition) is 7. The summed E-state index contributed by atoms with van der Waals surface area (Å²) < 4.78 is 21.7. The Kier molecular flexibility index (Phi) is 3.84. The Balaban J connectivity index is 2.68. The lowest BCUT2D eigenvalue weighted by Gasteiger charge is -2.05. The summed E-state index contributed by atoms with van der Waals surface area (Å²) >= 11 is 0. The van der Waals surface area contributed by atoms with E-state index in [1.54, 1.807) is 0 Å². The van der Waals surface area contributed by atoms with Crippen LogP contribution < -0.4 is 11.1 Å². The van der Waals surface area contributed by atoms with Gasteiger partial charge in [-0.3, -0.25) is 10.1 Å². The number of nitrogens with two attached hydrogens (primary N) is 1. The lowest BCUT2D eigenvalue weighted by molar-refractivity contribution is -0.384. The summed E-state index contributed by atoms with van der Waals surface area (Å²) in [6.07, 6.45) is 1.12. The van der Waals surface area contributed by atoms with Crippen LogP contribution in [0.5, 0.6) is 0 Å². The minimum atomic E-state index is -3.06. The van der Waals surface area contributed by atoms with Crippen molar-refractivity contribution in [2.45, 2.75) is 0 Å². The SMILES string of the molecule is CS(=O)(=O)CCNc1ccc([N+](=O)[O-])c(N)n1. The van der Waals surface area contributed by atoms with Gasteiger partial charge in [0.05, 0.1) is 10.7 Å². The number of nitrogens with zero attached hydrogens (tertiary/aromatic N) is 2. The number of anilines is 2. The summed E-state index contributed by atoms with van der Waals surface area (Å²) in [6, 6.07) is 2.59. The van der Waals surface area contributed by atoms with Gasteiger partial charge in [0.1, 0.15) is 15.7 Å². The quantitative estimate of drug-likeness (QED) is 0.564. The Morgan fingerprint density at radius 2 is 2.18 bits per heavy atom. The van der Waals surface area contributed by atoms with E-state index in [-0.39, 0.29) is 23.8 Å². The fraction of sp³-hybridized carbons (Fsp3) is 0.375. The van der Waals surface area contributed by atoms with Crippen molar-refractivity contribution < 1.29 is 13.3 Å². The summed E-state index contributed by atoms with van der Waals surface area (Å²) in [4.78, 5) is 13.6. The molecule has 9 heteroatoms. The summed E-state index contributed by atoms with van der Waals surface area (Å²) in [5.74, 6) is 0.0436. The molecule has 0 fully saturated rings. The van der Waals surface area contributed by atoms with E-state index in [1.165, 1.54) is 12.1 Å². The van der Waals surface area contributed by atoms with Crippen molar-refractivity contribution in [3.63, 3.8) is 0 Å². The second-order valence-electron chi connectivity index (χ2n) is 3.41. The van der Waals surface area contributed by atoms with Crippen LogP contribution in [0.3, 0.4) is 0 Å². The van der Waals surface area contributed by atoms with Gasteiger partial charge in [0, 0.05) is 18.9 Å². The molecule has 17 heavy (non-hydrogen) atoms. The van der Waals surface area contributed by atoms with Gasteiger partial charge in [-0.2, -0.15) is 0 Å². The lowest BCUT2D eigenvalue weighted by atomic mass is 10.4. The van der Waals surface area contributed by atoms with Gasteiger partial charge in [0.2, 0.25) is 5.82 Å². The van der Waals surface area contributed by atoms with E-state index >= 15 is 0 Å². The summed E-state index contributed by atoms with van der Waals surface area (Å²) in [5, 5.41) is 13.2. The molecular weight excluding hydrogens is 248 g/mol. The van der Waals surface area contributed by atoms with Gasteiger partial charge in [-0.15, -0.1) is 0 Å². The molecular formula is C8H12N4O4S. The van der Waals surface area contributed by atoms with E-state index in [9.17, 15) is 18.5 Å². The van der Waals surface area contributed by atoms with Crippen molar-refractivity contribution in [2.75, 3.05) is 29.6 Å². The Morgan fingerprint density at radius 3 is 2.65 bits per heavy atom. The molecule has 1 heterocycles. The third-order valence-corrected chi connectivity index (χ3v) is 2.82. The van der Waals surface area contributed by atoms with Crippen LogP contribution in [0.1, 0.15) is 0 Å². The van der Waals surface area contributed by atoms with Gasteiger partial charge in [0.15, 0.2) is 0 Å². The average Bonchev–Trinajstić information content (AvgIpc) is 2.15. The third kappa shape index (κ3) is 4.23. The summed E-state index contributed by atoms with van der Waals surface area (Å²) in [5.41, 5.74) is 5.09. The van der Waals surface area contributed by atoms with Crippen LogP contribution >= 0.6 is 0 Å². The van der Waals surface area contributed by atoms with E-state index in [4.69, 9.17) is 5.73 Å². The molecule has 0 saturated heterocycles. The van der Waals surface area contributed by atoms with Crippen molar-refractivity contribution >= 4 is 27.2 Å². The maximum Gasteiger partial charge on any atom is 0.311 e. The number of rotatable bonds is 5. The molecule has 0 aliphatic heterocycles. The molecule has 1 aromatic heterocycles. The Hall–Kier alpha value is -1.90. The van der Waals surface area contributed by atoms with Gasteiger partial charge in [-0.05, 0) is 6.07 Å². The van der Waals surface area contributed by atoms with Crippen LogP contribution in [-0.2, 0) is 9.84 Å². The second kappa shape index (κ2) is 4.95. The van der Waals surface area contributed by atoms with Crippen molar-refractivity contribution in [1.29, 1.82) is 0 Å². The first-order chi connectivity index (χ1) is 7.79. The van der Waals surface area contributed by atoms with Crippen LogP contribution in [0.2, 0.25) is 0 Å². The average molecular weight is 260 g/mol. The molecule has 0 saturated carbocycles. The number of hydrogen-bond donors (Lipinski definition) is 2. The number of nitro groups is 1. The van der Waals surface area contributed by atoms with Crippen LogP contribution in [-0.4, -0.2) is 36.9 Å². The molecule has 0 aromatic carbocycles. The Bertz CT molecular complexity index is 528. The number of nitrogen functional groups attached to an aromatic ring is 1. The minimum Gasteiger partial charge on any atom is -0.378 e. The molecule has 0 aliphatic carbocycles. The number of nitrogens with one attached hydrogen (secondary N) is 1. The van der Waals surface area contributed by atoms with E-state index in [0.717, 1.165) is 6.26 Å². The molecule has 0 spiro atoms. The predicted molar refractivity (Wildman–Crippen MR) is 63.5 cm³/mol. The van der Waals surface area contributed by atoms with E-state index < -0.39 is 14.8 Å². The fourth-order valence-corrected chi connectivity index (χ4v) is 1.56. The maximum atomic E-state index is 10.9. The molecule has 0 unspecified atom stereocenters. The highest BCUT2D eigenvalue weighted by Gasteiger charge is 2.12. The summed E-state index contributed by atoms with van der Waals surface area (Å²) in [6.45, 7) is 0.170. The van der Waals surface area contributed by atoms with Crippen LogP contribution in [0.25, 0.3) is 0 Å². The molecule has 1 rings (SSSR count). The lowest BCUT2D eigenvalue weighted by Crippen LogP contribution is -2.15. The van der Waals surface area contributed by atoms with Crippen LogP contribution in [0, 0.1) is 10.1 Å². The predicted octanol–water partition coefficient (Wildman–Crippen LogP) is 0.0285. The van der Waals surface area contributed by atoms with Crippen molar-refractivity contribution in [3.05, 3.63) is 22.2 Å². The molecule has 0 amide bonds. The highest BCUT2D eigenvalue weighted by atomic mass is 32.2. The first-order valence-corrected chi connectivity index (χ1v) is 6.68. The van der Waals surface area contributed by atoms with Gasteiger partial charge >= 0.3 is 5.69 Å². The second-order valence-corrected chi connectivity index (χ2v) is 5.67. The van der Waals surface area contributed by atoms with E-state index in [0.29, 0.717) is 5.82 Å². The zero-order valence-electron chi connectivity index (χ0n) is 9.08. The fourth-order valence-electron chi connectivity index (χ4n) is 1.08. The summed E-state index contributed by atoms with van der Waals surface area (Å²) in [7, 11) is -3.06. The first-order valence-electron chi connectivity index (χ1n) is 4.62. The zero-order valence-corrected chi connectivity index (χ0v) is 9.90. The van der Waals surface area contributed by atoms with Gasteiger partial charge in [0.25, 0.3) is 0 Å². The smallest absolute Gasteiger partial charge is 0.311 e. The zero-order chi connectivity index (χ0) is 13.1. The maximum absolute atomic E-state index is 10.9. The molecule has 94 valence electrons. The molecule has 0 atom stereocenters. The molecule has 0 aliphatic rings. The first kappa shape index (κ1) is 13.2. The number of pyridine rings is 1. The third-order valence-electron chi connectivity index (χ3n) is 1.88. The Morgan fingerprint density at radius 1 is 1.53 bits per heavy atom. The number of aromatic nitrogens is 1. The largest absolute Gasteiger partial charge is 0.378 e. The van der Waals surface area contributed by atoms with Gasteiger partial charge < -0.3 is 11.1 Å². The molecule has 3 N–H and O–H groups in total. The van der Waals surface area contributed by atoms with Crippen LogP contribution in [0.4, 0.5) is 17.3 Å². The highest BCUT2D eigenvalue weighted by molar-refractivity contribution is 7.90. The normalized spacial score (nSPS) is 11.1. The van der Waals surface area contributed by atoms with Crippen LogP contribution in [0.15, 0.2) is 12.1 Å². The molecule has 1 aromatic rings. The topological polar surface area (TPSA) is 128 Å². The van der Waals surface area contributed by atoms with Crippen molar-refractivity contribution in [2.24, 2.45) is 0 Å². The van der Waals surface area contributed by atoms with Gasteiger partial charge in [-0.25, -0.2) is 13.4 Å². The minimum absolute atomic E-state index is 0.0500. The van der Waals surface area contributed by atoms with Gasteiger partial charge in [-0.1, -0.05) is 0 Å². The van der Waals surface area contributed by atoms with Crippen molar-refractivity contribution in [1.82, 2.24) is 4.98 Å². The standard InChI is InChI=1S/C8H12N4O4S/c1-17(15,16)5-4-10-7-3-2-6(12(13)14)8(9)11-7/h2-3H,4-5H2,1H3,(H3,9,10,11). The molecule has 8 nitrogen and oxygen atoms in total.